The second kappa shape index (κ2) is 5.65. The minimum atomic E-state index is -1.38. The summed E-state index contributed by atoms with van der Waals surface area (Å²) in [5, 5.41) is 37.1. The summed E-state index contributed by atoms with van der Waals surface area (Å²) in [5.41, 5.74) is -0.643. The molecule has 88 valence electrons. The summed E-state index contributed by atoms with van der Waals surface area (Å²) in [5.74, 6) is -0.230. The standard InChI is InChI=1S/C12H16O4/c13-7-12(8-14,9-15)11(16)6-10-4-2-1-3-5-10/h1-6,13-16H,7-9H2/b11-6-. The predicted octanol–water partition coefficient (Wildman–Crippen LogP) is 0.549. The third-order valence-corrected chi connectivity index (χ3v) is 2.55. The molecule has 0 amide bonds. The molecule has 0 aliphatic carbocycles. The smallest absolute Gasteiger partial charge is 0.106 e. The van der Waals surface area contributed by atoms with Gasteiger partial charge in [0.1, 0.15) is 5.76 Å². The molecule has 16 heavy (non-hydrogen) atoms. The van der Waals surface area contributed by atoms with E-state index >= 15 is 0 Å². The molecule has 4 nitrogen and oxygen atoms in total. The second-order valence-electron chi connectivity index (χ2n) is 3.69. The van der Waals surface area contributed by atoms with E-state index < -0.39 is 25.2 Å². The number of aliphatic hydroxyl groups excluding tert-OH is 4. The maximum absolute atomic E-state index is 9.79. The second-order valence-corrected chi connectivity index (χ2v) is 3.69. The average molecular weight is 224 g/mol. The molecule has 0 aliphatic heterocycles. The third kappa shape index (κ3) is 2.61. The van der Waals surface area contributed by atoms with Crippen molar-refractivity contribution >= 4 is 6.08 Å². The molecule has 0 radical (unpaired) electrons. The van der Waals surface area contributed by atoms with Gasteiger partial charge in [0.2, 0.25) is 0 Å². The molecule has 0 aliphatic rings. The molecular formula is C12H16O4. The summed E-state index contributed by atoms with van der Waals surface area (Å²) in [6.07, 6.45) is 1.42. The minimum Gasteiger partial charge on any atom is -0.511 e. The van der Waals surface area contributed by atoms with E-state index in [0.717, 1.165) is 5.56 Å². The lowest BCUT2D eigenvalue weighted by atomic mass is 9.87. The Balaban J connectivity index is 2.99. The lowest BCUT2D eigenvalue weighted by Crippen LogP contribution is -2.36. The fraction of sp³-hybridized carbons (Fsp3) is 0.333. The van der Waals surface area contributed by atoms with Crippen molar-refractivity contribution in [3.8, 4) is 0 Å². The zero-order valence-electron chi connectivity index (χ0n) is 8.87. The fourth-order valence-corrected chi connectivity index (χ4v) is 1.25. The van der Waals surface area contributed by atoms with E-state index in [4.69, 9.17) is 15.3 Å². The van der Waals surface area contributed by atoms with Crippen molar-refractivity contribution in [3.05, 3.63) is 41.7 Å². The maximum Gasteiger partial charge on any atom is 0.106 e. The fourth-order valence-electron chi connectivity index (χ4n) is 1.25. The number of benzene rings is 1. The van der Waals surface area contributed by atoms with Crippen LogP contribution in [-0.4, -0.2) is 40.2 Å². The van der Waals surface area contributed by atoms with Crippen molar-refractivity contribution in [1.29, 1.82) is 0 Å². The van der Waals surface area contributed by atoms with Crippen LogP contribution in [0.3, 0.4) is 0 Å². The maximum atomic E-state index is 9.79. The summed E-state index contributed by atoms with van der Waals surface area (Å²) < 4.78 is 0. The van der Waals surface area contributed by atoms with Crippen LogP contribution in [0.25, 0.3) is 6.08 Å². The van der Waals surface area contributed by atoms with Gasteiger partial charge in [-0.05, 0) is 11.6 Å². The van der Waals surface area contributed by atoms with Gasteiger partial charge in [-0.3, -0.25) is 0 Å². The zero-order valence-corrected chi connectivity index (χ0v) is 8.87. The van der Waals surface area contributed by atoms with E-state index in [1.54, 1.807) is 24.3 Å². The van der Waals surface area contributed by atoms with Crippen molar-refractivity contribution in [1.82, 2.24) is 0 Å². The average Bonchev–Trinajstić information content (AvgIpc) is 2.33. The van der Waals surface area contributed by atoms with Gasteiger partial charge in [0.15, 0.2) is 0 Å². The first-order chi connectivity index (χ1) is 7.68. The molecule has 1 aromatic carbocycles. The summed E-state index contributed by atoms with van der Waals surface area (Å²) in [7, 11) is 0. The highest BCUT2D eigenvalue weighted by atomic mass is 16.3. The molecule has 0 aromatic heterocycles. The lowest BCUT2D eigenvalue weighted by molar-refractivity contribution is 0.00640. The largest absolute Gasteiger partial charge is 0.511 e. The molecule has 0 saturated heterocycles. The summed E-state index contributed by atoms with van der Waals surface area (Å²) in [6, 6.07) is 8.99. The topological polar surface area (TPSA) is 80.9 Å². The number of rotatable bonds is 5. The molecule has 1 aromatic rings. The van der Waals surface area contributed by atoms with Crippen molar-refractivity contribution < 1.29 is 20.4 Å². The highest BCUT2D eigenvalue weighted by molar-refractivity contribution is 5.52. The molecule has 0 fully saturated rings. The van der Waals surface area contributed by atoms with E-state index in [1.807, 2.05) is 6.07 Å². The van der Waals surface area contributed by atoms with Crippen LogP contribution in [0.5, 0.6) is 0 Å². The van der Waals surface area contributed by atoms with E-state index in [1.165, 1.54) is 6.08 Å². The first-order valence-electron chi connectivity index (χ1n) is 4.97. The Hall–Kier alpha value is -1.36. The highest BCUT2D eigenvalue weighted by Crippen LogP contribution is 2.25. The Morgan fingerprint density at radius 1 is 1.00 bits per heavy atom. The summed E-state index contributed by atoms with van der Waals surface area (Å²) in [6.45, 7) is -1.56. The Kier molecular flexibility index (Phi) is 4.49. The molecule has 0 atom stereocenters. The van der Waals surface area contributed by atoms with Crippen LogP contribution in [-0.2, 0) is 0 Å². The monoisotopic (exact) mass is 224 g/mol. The first kappa shape index (κ1) is 12.7. The van der Waals surface area contributed by atoms with Gasteiger partial charge in [0.25, 0.3) is 0 Å². The third-order valence-electron chi connectivity index (χ3n) is 2.55. The Morgan fingerprint density at radius 3 is 1.94 bits per heavy atom. The van der Waals surface area contributed by atoms with Crippen LogP contribution in [0, 0.1) is 5.41 Å². The molecular weight excluding hydrogens is 208 g/mol. The molecule has 0 spiro atoms. The lowest BCUT2D eigenvalue weighted by Gasteiger charge is -2.26. The summed E-state index contributed by atoms with van der Waals surface area (Å²) >= 11 is 0. The minimum absolute atomic E-state index is 0.230. The van der Waals surface area contributed by atoms with Crippen molar-refractivity contribution in [2.75, 3.05) is 19.8 Å². The van der Waals surface area contributed by atoms with Crippen LogP contribution in [0.1, 0.15) is 5.56 Å². The first-order valence-corrected chi connectivity index (χ1v) is 4.97. The molecule has 4 heteroatoms. The molecule has 0 unspecified atom stereocenters. The van der Waals surface area contributed by atoms with Crippen LogP contribution >= 0.6 is 0 Å². The van der Waals surface area contributed by atoms with Crippen molar-refractivity contribution in [2.24, 2.45) is 5.41 Å². The van der Waals surface area contributed by atoms with Gasteiger partial charge < -0.3 is 20.4 Å². The molecule has 0 saturated carbocycles. The predicted molar refractivity (Wildman–Crippen MR) is 60.7 cm³/mol. The molecule has 1 rings (SSSR count). The van der Waals surface area contributed by atoms with Crippen molar-refractivity contribution in [3.63, 3.8) is 0 Å². The van der Waals surface area contributed by atoms with E-state index in [0.29, 0.717) is 0 Å². The van der Waals surface area contributed by atoms with E-state index in [2.05, 4.69) is 0 Å². The van der Waals surface area contributed by atoms with Crippen LogP contribution in [0.4, 0.5) is 0 Å². The number of hydrogen-bond acceptors (Lipinski definition) is 4. The quantitative estimate of drug-likeness (QED) is 0.550. The van der Waals surface area contributed by atoms with Crippen LogP contribution in [0.15, 0.2) is 36.1 Å². The normalized spacial score (nSPS) is 12.8. The van der Waals surface area contributed by atoms with Gasteiger partial charge in [-0.25, -0.2) is 0 Å². The highest BCUT2D eigenvalue weighted by Gasteiger charge is 2.32. The Labute approximate surface area is 94.1 Å². The van der Waals surface area contributed by atoms with Crippen molar-refractivity contribution in [2.45, 2.75) is 0 Å². The van der Waals surface area contributed by atoms with E-state index in [-0.39, 0.29) is 5.76 Å². The van der Waals surface area contributed by atoms with Crippen LogP contribution in [0.2, 0.25) is 0 Å². The molecule has 4 N–H and O–H groups in total. The molecule has 0 heterocycles. The summed E-state index contributed by atoms with van der Waals surface area (Å²) in [4.78, 5) is 0. The van der Waals surface area contributed by atoms with E-state index in [9.17, 15) is 5.11 Å². The van der Waals surface area contributed by atoms with Crippen LogP contribution < -0.4 is 0 Å². The number of hydrogen-bond donors (Lipinski definition) is 4. The molecule has 0 bridgehead atoms. The number of aliphatic hydroxyl groups is 4. The van der Waals surface area contributed by atoms with Gasteiger partial charge in [-0.1, -0.05) is 30.3 Å². The Morgan fingerprint density at radius 2 is 1.50 bits per heavy atom. The van der Waals surface area contributed by atoms with Gasteiger partial charge in [0, 0.05) is 0 Å². The van der Waals surface area contributed by atoms with Gasteiger partial charge in [0.05, 0.1) is 25.2 Å². The van der Waals surface area contributed by atoms with Gasteiger partial charge in [-0.15, -0.1) is 0 Å². The Bertz CT molecular complexity index is 333. The SMILES string of the molecule is OCC(CO)(CO)/C(O)=C/c1ccccc1. The van der Waals surface area contributed by atoms with Gasteiger partial charge in [-0.2, -0.15) is 0 Å². The zero-order chi connectivity index (χ0) is 12.0. The van der Waals surface area contributed by atoms with Gasteiger partial charge >= 0.3 is 0 Å².